The first-order chi connectivity index (χ1) is 11.5. The van der Waals surface area contributed by atoms with Crippen LogP contribution in [0.25, 0.3) is 11.4 Å². The van der Waals surface area contributed by atoms with E-state index in [2.05, 4.69) is 31.2 Å². The molecule has 0 saturated heterocycles. The van der Waals surface area contributed by atoms with E-state index in [0.717, 1.165) is 5.56 Å². The molecule has 1 aromatic heterocycles. The molecule has 120 valence electrons. The predicted molar refractivity (Wildman–Crippen MR) is 94.5 cm³/mol. The molecule has 3 rings (SSSR count). The Bertz CT molecular complexity index is 885. The molecule has 4 nitrogen and oxygen atoms in total. The number of carbonyl (C=O) groups is 1. The third kappa shape index (κ3) is 3.77. The average Bonchev–Trinajstić information content (AvgIpc) is 2.58. The van der Waals surface area contributed by atoms with Gasteiger partial charge in [0.2, 0.25) is 0 Å². The van der Waals surface area contributed by atoms with Crippen molar-refractivity contribution in [1.82, 2.24) is 9.97 Å². The predicted octanol–water partition coefficient (Wildman–Crippen LogP) is 4.95. The van der Waals surface area contributed by atoms with Crippen molar-refractivity contribution in [2.75, 3.05) is 5.32 Å². The van der Waals surface area contributed by atoms with Crippen LogP contribution in [-0.4, -0.2) is 15.9 Å². The van der Waals surface area contributed by atoms with Crippen molar-refractivity contribution in [2.24, 2.45) is 0 Å². The van der Waals surface area contributed by atoms with Crippen LogP contribution in [0.2, 0.25) is 5.02 Å². The summed E-state index contributed by atoms with van der Waals surface area (Å²) >= 11 is 9.00. The summed E-state index contributed by atoms with van der Waals surface area (Å²) < 4.78 is 14.3. The Morgan fingerprint density at radius 2 is 1.75 bits per heavy atom. The minimum atomic E-state index is -0.531. The van der Waals surface area contributed by atoms with E-state index in [9.17, 15) is 9.18 Å². The monoisotopic (exact) mass is 405 g/mol. The Balaban J connectivity index is 1.77. The van der Waals surface area contributed by atoms with Crippen LogP contribution in [-0.2, 0) is 0 Å². The Morgan fingerprint density at radius 1 is 1.08 bits per heavy atom. The number of halogens is 3. The highest BCUT2D eigenvalue weighted by atomic mass is 79.9. The second-order valence-corrected chi connectivity index (χ2v) is 6.23. The molecular formula is C17H10BrClFN3O. The summed E-state index contributed by atoms with van der Waals surface area (Å²) in [7, 11) is 0. The molecule has 0 bridgehead atoms. The van der Waals surface area contributed by atoms with Gasteiger partial charge in [0.15, 0.2) is 5.82 Å². The molecule has 1 heterocycles. The van der Waals surface area contributed by atoms with Crippen LogP contribution in [0.1, 0.15) is 10.4 Å². The smallest absolute Gasteiger partial charge is 0.258 e. The number of carbonyl (C=O) groups excluding carboxylic acids is 1. The molecule has 2 aromatic carbocycles. The van der Waals surface area contributed by atoms with Gasteiger partial charge in [-0.05, 0) is 42.5 Å². The highest BCUT2D eigenvalue weighted by Gasteiger charge is 2.11. The van der Waals surface area contributed by atoms with Crippen molar-refractivity contribution in [2.45, 2.75) is 0 Å². The quantitative estimate of drug-likeness (QED) is 0.669. The van der Waals surface area contributed by atoms with E-state index in [1.165, 1.54) is 24.5 Å². The normalized spacial score (nSPS) is 10.5. The molecule has 1 amide bonds. The van der Waals surface area contributed by atoms with Gasteiger partial charge in [-0.2, -0.15) is 0 Å². The third-order valence-electron chi connectivity index (χ3n) is 3.20. The average molecular weight is 407 g/mol. The molecule has 0 spiro atoms. The van der Waals surface area contributed by atoms with Crippen molar-refractivity contribution >= 4 is 39.1 Å². The van der Waals surface area contributed by atoms with Gasteiger partial charge >= 0.3 is 0 Å². The molecule has 24 heavy (non-hydrogen) atoms. The number of amides is 1. The fourth-order valence-electron chi connectivity index (χ4n) is 1.98. The Labute approximate surface area is 150 Å². The van der Waals surface area contributed by atoms with Gasteiger partial charge in [0, 0.05) is 27.5 Å². The van der Waals surface area contributed by atoms with Crippen molar-refractivity contribution in [3.63, 3.8) is 0 Å². The van der Waals surface area contributed by atoms with Crippen molar-refractivity contribution in [3.05, 3.63) is 75.7 Å². The SMILES string of the molecule is O=C(Nc1ccc(Br)cc1F)c1cnc(-c2ccc(Cl)cc2)nc1. The molecule has 0 fully saturated rings. The first-order valence-electron chi connectivity index (χ1n) is 6.87. The number of rotatable bonds is 3. The number of aromatic nitrogens is 2. The fourth-order valence-corrected chi connectivity index (χ4v) is 2.44. The molecule has 0 saturated carbocycles. The van der Waals surface area contributed by atoms with E-state index in [1.54, 1.807) is 30.3 Å². The molecule has 0 unspecified atom stereocenters. The van der Waals surface area contributed by atoms with Crippen LogP contribution in [0.3, 0.4) is 0 Å². The van der Waals surface area contributed by atoms with Crippen LogP contribution in [0.15, 0.2) is 59.3 Å². The van der Waals surface area contributed by atoms with Gasteiger partial charge in [0.1, 0.15) is 5.82 Å². The summed E-state index contributed by atoms with van der Waals surface area (Å²) in [4.78, 5) is 20.5. The lowest BCUT2D eigenvalue weighted by Gasteiger charge is -2.07. The van der Waals surface area contributed by atoms with Gasteiger partial charge in [0.05, 0.1) is 11.3 Å². The maximum absolute atomic E-state index is 13.8. The van der Waals surface area contributed by atoms with Crippen LogP contribution >= 0.6 is 27.5 Å². The summed E-state index contributed by atoms with van der Waals surface area (Å²) in [6.07, 6.45) is 2.78. The lowest BCUT2D eigenvalue weighted by atomic mass is 10.2. The van der Waals surface area contributed by atoms with Crippen LogP contribution < -0.4 is 5.32 Å². The Morgan fingerprint density at radius 3 is 2.38 bits per heavy atom. The minimum absolute atomic E-state index is 0.0879. The van der Waals surface area contributed by atoms with E-state index in [1.807, 2.05) is 0 Å². The number of nitrogens with one attached hydrogen (secondary N) is 1. The van der Waals surface area contributed by atoms with Crippen molar-refractivity contribution in [1.29, 1.82) is 0 Å². The van der Waals surface area contributed by atoms with Crippen LogP contribution in [0.4, 0.5) is 10.1 Å². The minimum Gasteiger partial charge on any atom is -0.319 e. The first-order valence-corrected chi connectivity index (χ1v) is 8.04. The van der Waals surface area contributed by atoms with E-state index < -0.39 is 11.7 Å². The van der Waals surface area contributed by atoms with Gasteiger partial charge in [-0.15, -0.1) is 0 Å². The Hall–Kier alpha value is -2.31. The molecule has 0 atom stereocenters. The molecule has 0 aliphatic heterocycles. The highest BCUT2D eigenvalue weighted by Crippen LogP contribution is 2.21. The van der Waals surface area contributed by atoms with Crippen LogP contribution in [0, 0.1) is 5.82 Å². The molecule has 0 radical (unpaired) electrons. The fraction of sp³-hybridized carbons (Fsp3) is 0. The van der Waals surface area contributed by atoms with Gasteiger partial charge in [-0.25, -0.2) is 14.4 Å². The van der Waals surface area contributed by atoms with E-state index >= 15 is 0 Å². The molecule has 0 aliphatic carbocycles. The number of nitrogens with zero attached hydrogens (tertiary/aromatic N) is 2. The maximum atomic E-state index is 13.8. The standard InChI is InChI=1S/C17H10BrClFN3O/c18-12-3-6-15(14(20)7-12)23-17(24)11-8-21-16(22-9-11)10-1-4-13(19)5-2-10/h1-9H,(H,23,24). The summed E-state index contributed by atoms with van der Waals surface area (Å²) in [6, 6.07) is 11.4. The second kappa shape index (κ2) is 7.07. The van der Waals surface area contributed by atoms with Gasteiger partial charge in [-0.3, -0.25) is 4.79 Å². The largest absolute Gasteiger partial charge is 0.319 e. The zero-order valence-electron chi connectivity index (χ0n) is 12.1. The topological polar surface area (TPSA) is 54.9 Å². The molecular weight excluding hydrogens is 397 g/mol. The number of hydrogen-bond donors (Lipinski definition) is 1. The summed E-state index contributed by atoms with van der Waals surface area (Å²) in [5.41, 5.74) is 1.10. The van der Waals surface area contributed by atoms with E-state index in [4.69, 9.17) is 11.6 Å². The lowest BCUT2D eigenvalue weighted by Crippen LogP contribution is -2.13. The lowest BCUT2D eigenvalue weighted by molar-refractivity contribution is 0.102. The van der Waals surface area contributed by atoms with Crippen molar-refractivity contribution < 1.29 is 9.18 Å². The number of hydrogen-bond acceptors (Lipinski definition) is 3. The number of benzene rings is 2. The maximum Gasteiger partial charge on any atom is 0.258 e. The third-order valence-corrected chi connectivity index (χ3v) is 3.94. The van der Waals surface area contributed by atoms with Gasteiger partial charge in [0.25, 0.3) is 5.91 Å². The zero-order valence-corrected chi connectivity index (χ0v) is 14.5. The molecule has 1 N–H and O–H groups in total. The summed E-state index contributed by atoms with van der Waals surface area (Å²) in [6.45, 7) is 0. The second-order valence-electron chi connectivity index (χ2n) is 4.88. The highest BCUT2D eigenvalue weighted by molar-refractivity contribution is 9.10. The summed E-state index contributed by atoms with van der Waals surface area (Å²) in [5.74, 6) is -0.548. The van der Waals surface area contributed by atoms with E-state index in [0.29, 0.717) is 15.3 Å². The molecule has 0 aliphatic rings. The molecule has 3 aromatic rings. The number of anilines is 1. The molecule has 7 heteroatoms. The van der Waals surface area contributed by atoms with Gasteiger partial charge in [-0.1, -0.05) is 27.5 Å². The van der Waals surface area contributed by atoms with Crippen LogP contribution in [0.5, 0.6) is 0 Å². The zero-order chi connectivity index (χ0) is 17.1. The van der Waals surface area contributed by atoms with E-state index in [-0.39, 0.29) is 11.3 Å². The first kappa shape index (κ1) is 16.5. The summed E-state index contributed by atoms with van der Waals surface area (Å²) in [5, 5.41) is 3.11. The van der Waals surface area contributed by atoms with Crippen molar-refractivity contribution in [3.8, 4) is 11.4 Å². The van der Waals surface area contributed by atoms with Gasteiger partial charge < -0.3 is 5.32 Å². The Kier molecular flexibility index (Phi) is 4.87.